The fraction of sp³-hybridized carbons (Fsp3) is 0.333. The molecule has 0 aliphatic rings. The number of hydrogen-bond donors (Lipinski definition) is 1. The average Bonchev–Trinajstić information content (AvgIpc) is 2.99. The first-order chi connectivity index (χ1) is 11.1. The Morgan fingerprint density at radius 1 is 1.43 bits per heavy atom. The van der Waals surface area contributed by atoms with E-state index in [4.69, 9.17) is 5.26 Å². The molecule has 0 unspecified atom stereocenters. The quantitative estimate of drug-likeness (QED) is 0.775. The Morgan fingerprint density at radius 2 is 2.17 bits per heavy atom. The monoisotopic (exact) mass is 347 g/mol. The van der Waals surface area contributed by atoms with Crippen LogP contribution in [-0.4, -0.2) is 39.8 Å². The van der Waals surface area contributed by atoms with Crippen molar-refractivity contribution in [2.75, 3.05) is 18.9 Å². The maximum absolute atomic E-state index is 12.2. The van der Waals surface area contributed by atoms with E-state index in [-0.39, 0.29) is 11.2 Å². The Labute approximate surface area is 143 Å². The molecule has 1 aromatic heterocycles. The molecule has 0 aliphatic heterocycles. The van der Waals surface area contributed by atoms with Crippen LogP contribution in [0.1, 0.15) is 13.3 Å². The van der Waals surface area contributed by atoms with Gasteiger partial charge in [0.1, 0.15) is 0 Å². The number of nitrogens with zero attached hydrogens (tertiary/aromatic N) is 4. The van der Waals surface area contributed by atoms with E-state index >= 15 is 0 Å². The summed E-state index contributed by atoms with van der Waals surface area (Å²) < 4.78 is 0.734. The van der Waals surface area contributed by atoms with E-state index in [1.54, 1.807) is 11.9 Å². The number of carbonyl (C=O) groups excluding carboxylic acids is 1. The summed E-state index contributed by atoms with van der Waals surface area (Å²) in [7, 11) is 1.71. The Bertz CT molecular complexity index is 683. The molecule has 6 nitrogen and oxygen atoms in total. The maximum Gasteiger partial charge on any atom is 0.235 e. The number of nitriles is 1. The number of aromatic nitrogens is 2. The van der Waals surface area contributed by atoms with E-state index in [9.17, 15) is 4.79 Å². The normalized spacial score (nSPS) is 11.5. The van der Waals surface area contributed by atoms with E-state index in [0.717, 1.165) is 10.0 Å². The lowest BCUT2D eigenvalue weighted by Crippen LogP contribution is -2.33. The summed E-state index contributed by atoms with van der Waals surface area (Å²) in [5.41, 5.74) is 0.945. The van der Waals surface area contributed by atoms with E-state index in [0.29, 0.717) is 18.1 Å². The molecule has 0 bridgehead atoms. The fourth-order valence-electron chi connectivity index (χ4n) is 1.79. The van der Waals surface area contributed by atoms with Crippen molar-refractivity contribution in [2.24, 2.45) is 0 Å². The van der Waals surface area contributed by atoms with Crippen molar-refractivity contribution in [1.29, 1.82) is 5.26 Å². The topological polar surface area (TPSA) is 81.9 Å². The molecular weight excluding hydrogens is 330 g/mol. The number of rotatable bonds is 7. The second-order valence-corrected chi connectivity index (χ2v) is 7.36. The molecule has 0 saturated heterocycles. The summed E-state index contributed by atoms with van der Waals surface area (Å²) in [6, 6.07) is 11.8. The molecule has 1 N–H and O–H groups in total. The van der Waals surface area contributed by atoms with E-state index < -0.39 is 0 Å². The fourth-order valence-corrected chi connectivity index (χ4v) is 3.82. The van der Waals surface area contributed by atoms with Gasteiger partial charge in [-0.1, -0.05) is 41.3 Å². The van der Waals surface area contributed by atoms with Gasteiger partial charge in [-0.3, -0.25) is 4.79 Å². The summed E-state index contributed by atoms with van der Waals surface area (Å²) in [5.74, 6) is -0.0157. The van der Waals surface area contributed by atoms with Crippen LogP contribution in [0.25, 0.3) is 0 Å². The van der Waals surface area contributed by atoms with Gasteiger partial charge in [0, 0.05) is 19.3 Å². The number of nitrogens with one attached hydrogen (secondary N) is 1. The van der Waals surface area contributed by atoms with Gasteiger partial charge in [0.05, 0.1) is 17.7 Å². The highest BCUT2D eigenvalue weighted by Crippen LogP contribution is 2.30. The van der Waals surface area contributed by atoms with E-state index in [1.165, 1.54) is 23.1 Å². The molecule has 0 saturated carbocycles. The van der Waals surface area contributed by atoms with Gasteiger partial charge in [0.15, 0.2) is 4.34 Å². The third-order valence-corrected chi connectivity index (χ3v) is 5.00. The van der Waals surface area contributed by atoms with Gasteiger partial charge in [0.2, 0.25) is 11.0 Å². The van der Waals surface area contributed by atoms with Gasteiger partial charge in [-0.2, -0.15) is 5.26 Å². The highest BCUT2D eigenvalue weighted by molar-refractivity contribution is 8.02. The Kier molecular flexibility index (Phi) is 6.38. The molecule has 0 radical (unpaired) electrons. The maximum atomic E-state index is 12.2. The standard InChI is InChI=1S/C15H17N5OS2/c1-11(13(21)20(2)10-6-9-16)22-15-19-18-14(23-15)17-12-7-4-3-5-8-12/h3-5,7-8,11H,6,10H2,1-2H3,(H,17,18)/t11-/m1/s1. The zero-order valence-corrected chi connectivity index (χ0v) is 14.5. The molecule has 0 fully saturated rings. The molecule has 23 heavy (non-hydrogen) atoms. The molecule has 2 rings (SSSR count). The van der Waals surface area contributed by atoms with Crippen molar-refractivity contribution in [2.45, 2.75) is 22.9 Å². The molecule has 1 amide bonds. The molecule has 1 atom stereocenters. The molecule has 120 valence electrons. The highest BCUT2D eigenvalue weighted by Gasteiger charge is 2.20. The largest absolute Gasteiger partial charge is 0.344 e. The zero-order chi connectivity index (χ0) is 16.7. The lowest BCUT2D eigenvalue weighted by atomic mass is 10.3. The molecular formula is C15H17N5OS2. The zero-order valence-electron chi connectivity index (χ0n) is 12.9. The van der Waals surface area contributed by atoms with Gasteiger partial charge >= 0.3 is 0 Å². The van der Waals surface area contributed by atoms with Gasteiger partial charge in [-0.25, -0.2) is 0 Å². The van der Waals surface area contributed by atoms with Gasteiger partial charge < -0.3 is 10.2 Å². The van der Waals surface area contributed by atoms with Crippen molar-refractivity contribution >= 4 is 39.8 Å². The number of benzene rings is 1. The van der Waals surface area contributed by atoms with Crippen LogP contribution in [0.3, 0.4) is 0 Å². The lowest BCUT2D eigenvalue weighted by Gasteiger charge is -2.18. The first kappa shape index (κ1) is 17.2. The summed E-state index contributed by atoms with van der Waals surface area (Å²) in [6.45, 7) is 2.28. The lowest BCUT2D eigenvalue weighted by molar-refractivity contribution is -0.128. The second kappa shape index (κ2) is 8.50. The molecule has 1 heterocycles. The van der Waals surface area contributed by atoms with E-state index in [1.807, 2.05) is 43.3 Å². The van der Waals surface area contributed by atoms with Crippen LogP contribution in [-0.2, 0) is 4.79 Å². The Morgan fingerprint density at radius 3 is 2.87 bits per heavy atom. The summed E-state index contributed by atoms with van der Waals surface area (Å²) >= 11 is 2.79. The predicted molar refractivity (Wildman–Crippen MR) is 92.8 cm³/mol. The SMILES string of the molecule is C[C@@H](Sc1nnc(Nc2ccccc2)s1)C(=O)N(C)CCC#N. The van der Waals surface area contributed by atoms with Crippen LogP contribution in [0.2, 0.25) is 0 Å². The first-order valence-corrected chi connectivity index (χ1v) is 8.74. The number of carbonyl (C=O) groups is 1. The molecule has 0 aliphatic carbocycles. The number of amides is 1. The minimum atomic E-state index is -0.267. The Hall–Kier alpha value is -2.11. The van der Waals surface area contributed by atoms with Crippen LogP contribution >= 0.6 is 23.1 Å². The van der Waals surface area contributed by atoms with Crippen LogP contribution in [0.4, 0.5) is 10.8 Å². The molecule has 1 aromatic carbocycles. The number of para-hydroxylation sites is 1. The first-order valence-electron chi connectivity index (χ1n) is 7.04. The van der Waals surface area contributed by atoms with Crippen molar-refractivity contribution in [3.63, 3.8) is 0 Å². The second-order valence-electron chi connectivity index (χ2n) is 4.79. The van der Waals surface area contributed by atoms with Crippen molar-refractivity contribution in [1.82, 2.24) is 15.1 Å². The number of thioether (sulfide) groups is 1. The number of hydrogen-bond acceptors (Lipinski definition) is 7. The van der Waals surface area contributed by atoms with Crippen molar-refractivity contribution < 1.29 is 4.79 Å². The average molecular weight is 347 g/mol. The number of anilines is 2. The third-order valence-electron chi connectivity index (χ3n) is 2.99. The van der Waals surface area contributed by atoms with Gasteiger partial charge in [0.25, 0.3) is 0 Å². The highest BCUT2D eigenvalue weighted by atomic mass is 32.2. The van der Waals surface area contributed by atoms with Crippen LogP contribution in [0, 0.1) is 11.3 Å². The van der Waals surface area contributed by atoms with Gasteiger partial charge in [-0.15, -0.1) is 10.2 Å². The smallest absolute Gasteiger partial charge is 0.235 e. The van der Waals surface area contributed by atoms with Crippen LogP contribution < -0.4 is 5.32 Å². The molecule has 0 spiro atoms. The Balaban J connectivity index is 1.91. The van der Waals surface area contributed by atoms with Crippen LogP contribution in [0.15, 0.2) is 34.7 Å². The predicted octanol–water partition coefficient (Wildman–Crippen LogP) is 3.13. The summed E-state index contributed by atoms with van der Waals surface area (Å²) in [4.78, 5) is 13.8. The van der Waals surface area contributed by atoms with Crippen LogP contribution in [0.5, 0.6) is 0 Å². The third kappa shape index (κ3) is 5.23. The van der Waals surface area contributed by atoms with Gasteiger partial charge in [-0.05, 0) is 19.1 Å². The molecule has 8 heteroatoms. The van der Waals surface area contributed by atoms with Crippen molar-refractivity contribution in [3.8, 4) is 6.07 Å². The minimum Gasteiger partial charge on any atom is -0.344 e. The van der Waals surface area contributed by atoms with Crippen molar-refractivity contribution in [3.05, 3.63) is 30.3 Å². The minimum absolute atomic E-state index is 0.0157. The summed E-state index contributed by atoms with van der Waals surface area (Å²) in [5, 5.41) is 20.4. The van der Waals surface area contributed by atoms with E-state index in [2.05, 4.69) is 15.5 Å². The molecule has 2 aromatic rings. The summed E-state index contributed by atoms with van der Waals surface area (Å²) in [6.07, 6.45) is 0.337.